The summed E-state index contributed by atoms with van der Waals surface area (Å²) in [7, 11) is 0. The summed E-state index contributed by atoms with van der Waals surface area (Å²) in [5.41, 5.74) is -12.5. The molecule has 0 aromatic heterocycles. The van der Waals surface area contributed by atoms with Gasteiger partial charge in [-0.3, -0.25) is 0 Å². The van der Waals surface area contributed by atoms with Crippen molar-refractivity contribution >= 4 is 11.1 Å². The molecule has 0 heterocycles. The van der Waals surface area contributed by atoms with Crippen molar-refractivity contribution in [2.45, 2.75) is 25.9 Å². The highest BCUT2D eigenvalue weighted by atomic mass is 19.4. The fourth-order valence-electron chi connectivity index (χ4n) is 6.00. The molecule has 47 heavy (non-hydrogen) atoms. The second-order valence-electron chi connectivity index (χ2n) is 10.1. The monoisotopic (exact) mass is 658 g/mol. The number of nitriles is 2. The fraction of sp³-hybridized carbons (Fsp3) is 0.125. The van der Waals surface area contributed by atoms with Crippen LogP contribution in [0.4, 0.5) is 48.3 Å². The lowest BCUT2D eigenvalue weighted by atomic mass is 9.85. The van der Waals surface area contributed by atoms with E-state index >= 15 is 17.6 Å². The van der Waals surface area contributed by atoms with Crippen molar-refractivity contribution in [2.75, 3.05) is 0 Å². The minimum absolute atomic E-state index is 0.205. The van der Waals surface area contributed by atoms with Crippen LogP contribution in [0.15, 0.2) is 34.7 Å². The van der Waals surface area contributed by atoms with Gasteiger partial charge in [0, 0.05) is 24.1 Å². The highest BCUT2D eigenvalue weighted by molar-refractivity contribution is 5.93. The number of benzene rings is 3. The zero-order valence-electron chi connectivity index (χ0n) is 23.0. The van der Waals surface area contributed by atoms with Crippen molar-refractivity contribution in [3.05, 3.63) is 126 Å². The average molecular weight is 658 g/mol. The van der Waals surface area contributed by atoms with E-state index < -0.39 is 132 Å². The molecule has 0 unspecified atom stereocenters. The predicted molar refractivity (Wildman–Crippen MR) is 141 cm³/mol. The van der Waals surface area contributed by atoms with Gasteiger partial charge in [0.1, 0.15) is 30.9 Å². The Labute approximate surface area is 256 Å². The van der Waals surface area contributed by atoms with Gasteiger partial charge in [0.15, 0.2) is 46.5 Å². The minimum atomic E-state index is -5.66. The van der Waals surface area contributed by atoms with Crippen LogP contribution in [0.5, 0.6) is 0 Å². The quantitative estimate of drug-likeness (QED) is 0.124. The van der Waals surface area contributed by atoms with Gasteiger partial charge >= 0.3 is 12.0 Å². The molecule has 5 rings (SSSR count). The van der Waals surface area contributed by atoms with Crippen molar-refractivity contribution in [3.63, 3.8) is 0 Å². The van der Waals surface area contributed by atoms with E-state index in [9.17, 15) is 41.3 Å². The molecule has 0 radical (unpaired) electrons. The lowest BCUT2D eigenvalue weighted by Gasteiger charge is -2.19. The van der Waals surface area contributed by atoms with Crippen LogP contribution in [-0.4, -0.2) is 6.18 Å². The molecule has 4 nitrogen and oxygen atoms in total. The Hall–Kier alpha value is -5.93. The third-order valence-electron chi connectivity index (χ3n) is 7.81. The predicted octanol–water partition coefficient (Wildman–Crippen LogP) is 7.52. The van der Waals surface area contributed by atoms with Gasteiger partial charge in [0.05, 0.1) is 22.3 Å². The molecule has 0 spiro atoms. The number of halogens is 11. The van der Waals surface area contributed by atoms with Crippen LogP contribution in [0.3, 0.4) is 0 Å². The van der Waals surface area contributed by atoms with Gasteiger partial charge in [-0.25, -0.2) is 35.1 Å². The molecule has 2 aliphatic rings. The van der Waals surface area contributed by atoms with E-state index in [1.807, 2.05) is 0 Å². The molecule has 0 saturated heterocycles. The Balaban J connectivity index is 2.30. The molecule has 2 aliphatic carbocycles. The SMILES string of the molecule is [C-]#[N+]C([N+]#[C-])=C1Cc2c(-c3c(F)c(F)cc(F)c3F)c3c(c(-c4c(F)c(F)cc(F)c4F)c2=C1C)CC(=C(C#N)C#N)C=3C(F)(F)F. The summed E-state index contributed by atoms with van der Waals surface area (Å²) in [6, 6.07) is 1.98. The Kier molecular flexibility index (Phi) is 7.70. The molecule has 0 saturated carbocycles. The summed E-state index contributed by atoms with van der Waals surface area (Å²) in [6.45, 7) is 15.8. The van der Waals surface area contributed by atoms with E-state index in [0.717, 1.165) is 6.92 Å². The van der Waals surface area contributed by atoms with Gasteiger partial charge in [-0.2, -0.15) is 33.4 Å². The van der Waals surface area contributed by atoms with Crippen LogP contribution in [-0.2, 0) is 12.8 Å². The number of hydrogen-bond acceptors (Lipinski definition) is 2. The summed E-state index contributed by atoms with van der Waals surface area (Å²) >= 11 is 0. The maximum atomic E-state index is 15.5. The van der Waals surface area contributed by atoms with Crippen molar-refractivity contribution in [1.82, 2.24) is 0 Å². The molecule has 0 amide bonds. The van der Waals surface area contributed by atoms with Gasteiger partial charge in [-0.15, -0.1) is 0 Å². The first-order valence-electron chi connectivity index (χ1n) is 12.7. The molecular formula is C32H9F11N4. The van der Waals surface area contributed by atoms with E-state index in [0.29, 0.717) is 0 Å². The molecular weight excluding hydrogens is 649 g/mol. The summed E-state index contributed by atoms with van der Waals surface area (Å²) in [5.74, 6) is -17.7. The number of allylic oxidation sites excluding steroid dienone is 3. The van der Waals surface area contributed by atoms with Crippen molar-refractivity contribution < 1.29 is 48.3 Å². The first-order chi connectivity index (χ1) is 22.0. The number of alkyl halides is 3. The summed E-state index contributed by atoms with van der Waals surface area (Å²) in [5, 5.41) is 16.9. The van der Waals surface area contributed by atoms with Gasteiger partial charge in [0.25, 0.3) is 0 Å². The maximum Gasteiger partial charge on any atom is 0.523 e. The van der Waals surface area contributed by atoms with Crippen LogP contribution in [0.25, 0.3) is 43.1 Å². The number of rotatable bonds is 2. The fourth-order valence-corrected chi connectivity index (χ4v) is 6.00. The van der Waals surface area contributed by atoms with Crippen LogP contribution in [0.2, 0.25) is 0 Å². The Bertz CT molecular complexity index is 2290. The number of hydrogen-bond donors (Lipinski definition) is 0. The van der Waals surface area contributed by atoms with E-state index in [1.54, 1.807) is 0 Å². The smallest absolute Gasteiger partial charge is 0.204 e. The average Bonchev–Trinajstić information content (AvgIpc) is 3.56. The molecule has 15 heteroatoms. The first kappa shape index (κ1) is 32.5. The van der Waals surface area contributed by atoms with Crippen LogP contribution in [0, 0.1) is 82.3 Å². The Morgan fingerprint density at radius 2 is 1.04 bits per heavy atom. The van der Waals surface area contributed by atoms with E-state index in [4.69, 9.17) is 13.1 Å². The van der Waals surface area contributed by atoms with Gasteiger partial charge in [-0.1, -0.05) is 0 Å². The van der Waals surface area contributed by atoms with Crippen LogP contribution in [0.1, 0.15) is 18.1 Å². The zero-order chi connectivity index (χ0) is 34.9. The molecule has 234 valence electrons. The lowest BCUT2D eigenvalue weighted by Crippen LogP contribution is -2.29. The zero-order valence-corrected chi connectivity index (χ0v) is 23.0. The van der Waals surface area contributed by atoms with E-state index in [1.165, 1.54) is 12.1 Å². The maximum absolute atomic E-state index is 15.5. The van der Waals surface area contributed by atoms with Crippen molar-refractivity contribution in [1.29, 1.82) is 10.5 Å². The van der Waals surface area contributed by atoms with Crippen molar-refractivity contribution in [2.24, 2.45) is 0 Å². The molecule has 3 aromatic rings. The molecule has 0 N–H and O–H groups in total. The topological polar surface area (TPSA) is 56.3 Å². The first-order valence-corrected chi connectivity index (χ1v) is 12.7. The third-order valence-corrected chi connectivity index (χ3v) is 7.81. The second kappa shape index (κ2) is 11.1. The summed E-state index contributed by atoms with van der Waals surface area (Å²) in [4.78, 5) is 6.00. The summed E-state index contributed by atoms with van der Waals surface area (Å²) in [6.07, 6.45) is -7.82. The largest absolute Gasteiger partial charge is 0.523 e. The highest BCUT2D eigenvalue weighted by Gasteiger charge is 2.46. The van der Waals surface area contributed by atoms with Crippen LogP contribution < -0.4 is 10.4 Å². The molecule has 3 aromatic carbocycles. The van der Waals surface area contributed by atoms with E-state index in [2.05, 4.69) is 9.69 Å². The minimum Gasteiger partial charge on any atom is -0.204 e. The normalized spacial score (nSPS) is 13.5. The number of fused-ring (bicyclic) bond motifs is 2. The molecule has 0 aliphatic heterocycles. The summed E-state index contributed by atoms with van der Waals surface area (Å²) < 4.78 is 165. The number of nitrogens with zero attached hydrogens (tertiary/aromatic N) is 4. The lowest BCUT2D eigenvalue weighted by molar-refractivity contribution is -0.0695. The Morgan fingerprint density at radius 1 is 0.660 bits per heavy atom. The Morgan fingerprint density at radius 3 is 1.43 bits per heavy atom. The standard InChI is InChI=1S/C32H9F11N4/c1-10-12(31(46-2)47-3)4-14-20(10)21(24-27(37)16(33)6-17(34)28(24)38)15-5-13(11(8-44)9-45)26(32(41,42)43)23(15)22(14)25-29(39)18(35)7-19(36)30(25)40/h6-7H,4-5H2,1H3. The van der Waals surface area contributed by atoms with Gasteiger partial charge in [0.2, 0.25) is 0 Å². The van der Waals surface area contributed by atoms with Gasteiger partial charge in [-0.05, 0) is 51.6 Å². The van der Waals surface area contributed by atoms with Crippen molar-refractivity contribution in [3.8, 4) is 34.4 Å². The van der Waals surface area contributed by atoms with Crippen LogP contribution >= 0.6 is 0 Å². The van der Waals surface area contributed by atoms with E-state index in [-0.39, 0.29) is 23.3 Å². The third kappa shape index (κ3) is 4.62. The molecule has 0 bridgehead atoms. The molecule has 0 atom stereocenters. The van der Waals surface area contributed by atoms with Gasteiger partial charge < -0.3 is 0 Å². The highest BCUT2D eigenvalue weighted by Crippen LogP contribution is 2.45. The second-order valence-corrected chi connectivity index (χ2v) is 10.1. The molecule has 0 fully saturated rings.